The molecule has 1 aromatic carbocycles. The molecule has 2 aromatic rings. The Hall–Kier alpha value is -2.07. The minimum Gasteiger partial charge on any atom is -0.483 e. The average Bonchev–Trinajstić information content (AvgIpc) is 2.56. The minimum atomic E-state index is -0.165. The molecule has 0 fully saturated rings. The van der Waals surface area contributed by atoms with Crippen LogP contribution in [0, 0.1) is 6.92 Å². The van der Waals surface area contributed by atoms with Crippen molar-refractivity contribution in [2.24, 2.45) is 0 Å². The Morgan fingerprint density at radius 1 is 1.25 bits per heavy atom. The third-order valence-electron chi connectivity index (χ3n) is 3.86. The molecule has 1 atom stereocenters. The molecular weight excluding hydrogens is 324 g/mol. The van der Waals surface area contributed by atoms with E-state index in [4.69, 9.17) is 16.3 Å². The van der Waals surface area contributed by atoms with E-state index in [1.54, 1.807) is 12.4 Å². The van der Waals surface area contributed by atoms with Crippen LogP contribution >= 0.6 is 11.6 Å². The monoisotopic (exact) mass is 346 g/mol. The van der Waals surface area contributed by atoms with Gasteiger partial charge in [-0.2, -0.15) is 0 Å². The molecule has 0 aliphatic carbocycles. The minimum absolute atomic E-state index is 0.0315. The molecule has 1 amide bonds. The standard InChI is InChI=1S/C19H23ClN2O2/c1-12(2)16-10-17(20)13(3)9-18(16)24-11-19(23)22-14(4)15-5-7-21-8-6-15/h5-10,12,14H,11H2,1-4H3,(H,22,23). The summed E-state index contributed by atoms with van der Waals surface area (Å²) in [6.07, 6.45) is 3.42. The second-order valence-corrected chi connectivity index (χ2v) is 6.56. The number of halogens is 1. The molecule has 1 unspecified atom stereocenters. The quantitative estimate of drug-likeness (QED) is 0.842. The van der Waals surface area contributed by atoms with Crippen LogP contribution in [0.1, 0.15) is 49.4 Å². The first-order chi connectivity index (χ1) is 11.4. The van der Waals surface area contributed by atoms with E-state index in [0.29, 0.717) is 10.8 Å². The molecule has 0 saturated carbocycles. The van der Waals surface area contributed by atoms with Gasteiger partial charge in [-0.15, -0.1) is 0 Å². The molecule has 0 saturated heterocycles. The van der Waals surface area contributed by atoms with Crippen LogP contribution < -0.4 is 10.1 Å². The molecular formula is C19H23ClN2O2. The normalized spacial score (nSPS) is 12.1. The number of carbonyl (C=O) groups excluding carboxylic acids is 1. The molecule has 24 heavy (non-hydrogen) atoms. The van der Waals surface area contributed by atoms with Crippen LogP contribution in [0.15, 0.2) is 36.7 Å². The van der Waals surface area contributed by atoms with Crippen molar-refractivity contribution < 1.29 is 9.53 Å². The van der Waals surface area contributed by atoms with Gasteiger partial charge in [0, 0.05) is 17.4 Å². The fourth-order valence-corrected chi connectivity index (χ4v) is 2.58. The van der Waals surface area contributed by atoms with Crippen molar-refractivity contribution in [3.8, 4) is 5.75 Å². The summed E-state index contributed by atoms with van der Waals surface area (Å²) in [5.41, 5.74) is 2.94. The number of aromatic nitrogens is 1. The van der Waals surface area contributed by atoms with Gasteiger partial charge in [-0.05, 0) is 60.7 Å². The molecule has 0 bridgehead atoms. The Balaban J connectivity index is 2.00. The Morgan fingerprint density at radius 3 is 2.54 bits per heavy atom. The molecule has 128 valence electrons. The number of hydrogen-bond donors (Lipinski definition) is 1. The predicted octanol–water partition coefficient (Wildman–Crippen LogP) is 4.42. The third kappa shape index (κ3) is 4.71. The van der Waals surface area contributed by atoms with Crippen LogP contribution in [-0.4, -0.2) is 17.5 Å². The number of ether oxygens (including phenoxy) is 1. The summed E-state index contributed by atoms with van der Waals surface area (Å²) in [5.74, 6) is 0.803. The largest absolute Gasteiger partial charge is 0.483 e. The van der Waals surface area contributed by atoms with E-state index in [0.717, 1.165) is 16.7 Å². The second kappa shape index (κ2) is 8.15. The van der Waals surface area contributed by atoms with Gasteiger partial charge in [-0.3, -0.25) is 9.78 Å². The zero-order valence-corrected chi connectivity index (χ0v) is 15.2. The van der Waals surface area contributed by atoms with E-state index < -0.39 is 0 Å². The summed E-state index contributed by atoms with van der Waals surface area (Å²) >= 11 is 6.19. The fourth-order valence-electron chi connectivity index (χ4n) is 2.41. The molecule has 4 nitrogen and oxygen atoms in total. The Kier molecular flexibility index (Phi) is 6.21. The highest BCUT2D eigenvalue weighted by atomic mass is 35.5. The maximum Gasteiger partial charge on any atom is 0.258 e. The molecule has 1 aromatic heterocycles. The van der Waals surface area contributed by atoms with Gasteiger partial charge in [0.15, 0.2) is 6.61 Å². The first kappa shape index (κ1) is 18.3. The number of benzene rings is 1. The average molecular weight is 347 g/mol. The molecule has 0 aliphatic rings. The number of nitrogens with one attached hydrogen (secondary N) is 1. The van der Waals surface area contributed by atoms with Crippen molar-refractivity contribution in [3.63, 3.8) is 0 Å². The van der Waals surface area contributed by atoms with Crippen molar-refractivity contribution in [2.75, 3.05) is 6.61 Å². The number of pyridine rings is 1. The predicted molar refractivity (Wildman–Crippen MR) is 96.6 cm³/mol. The number of amides is 1. The van der Waals surface area contributed by atoms with Crippen molar-refractivity contribution in [1.29, 1.82) is 0 Å². The zero-order chi connectivity index (χ0) is 17.7. The lowest BCUT2D eigenvalue weighted by molar-refractivity contribution is -0.123. The second-order valence-electron chi connectivity index (χ2n) is 6.15. The van der Waals surface area contributed by atoms with Gasteiger partial charge in [-0.1, -0.05) is 25.4 Å². The van der Waals surface area contributed by atoms with E-state index in [1.165, 1.54) is 0 Å². The molecule has 5 heteroatoms. The van der Waals surface area contributed by atoms with E-state index in [-0.39, 0.29) is 24.5 Å². The van der Waals surface area contributed by atoms with Crippen LogP contribution in [0.5, 0.6) is 5.75 Å². The van der Waals surface area contributed by atoms with Crippen molar-refractivity contribution >= 4 is 17.5 Å². The summed E-state index contributed by atoms with van der Waals surface area (Å²) < 4.78 is 5.75. The van der Waals surface area contributed by atoms with Crippen LogP contribution in [0.25, 0.3) is 0 Å². The highest BCUT2D eigenvalue weighted by Crippen LogP contribution is 2.31. The highest BCUT2D eigenvalue weighted by Gasteiger charge is 2.14. The third-order valence-corrected chi connectivity index (χ3v) is 4.26. The SMILES string of the molecule is Cc1cc(OCC(=O)NC(C)c2ccncc2)c(C(C)C)cc1Cl. The van der Waals surface area contributed by atoms with Gasteiger partial charge in [-0.25, -0.2) is 0 Å². The van der Waals surface area contributed by atoms with Crippen LogP contribution in [0.3, 0.4) is 0 Å². The van der Waals surface area contributed by atoms with Gasteiger partial charge in [0.2, 0.25) is 0 Å². The molecule has 0 spiro atoms. The van der Waals surface area contributed by atoms with Crippen molar-refractivity contribution in [3.05, 3.63) is 58.4 Å². The van der Waals surface area contributed by atoms with Crippen LogP contribution in [-0.2, 0) is 4.79 Å². The maximum atomic E-state index is 12.2. The molecule has 1 heterocycles. The molecule has 1 N–H and O–H groups in total. The molecule has 0 radical (unpaired) electrons. The summed E-state index contributed by atoms with van der Waals surface area (Å²) in [5, 5.41) is 3.63. The first-order valence-electron chi connectivity index (χ1n) is 8.00. The Bertz CT molecular complexity index is 702. The Morgan fingerprint density at radius 2 is 1.92 bits per heavy atom. The maximum absolute atomic E-state index is 12.2. The van der Waals surface area contributed by atoms with Crippen LogP contribution in [0.2, 0.25) is 5.02 Å². The Labute approximate surface area is 148 Å². The summed E-state index contributed by atoms with van der Waals surface area (Å²) in [4.78, 5) is 16.1. The number of aryl methyl sites for hydroxylation is 1. The molecule has 2 rings (SSSR count). The smallest absolute Gasteiger partial charge is 0.258 e. The van der Waals surface area contributed by atoms with Gasteiger partial charge in [0.1, 0.15) is 5.75 Å². The summed E-state index contributed by atoms with van der Waals surface area (Å²) in [6.45, 7) is 7.96. The van der Waals surface area contributed by atoms with Crippen molar-refractivity contribution in [1.82, 2.24) is 10.3 Å². The highest BCUT2D eigenvalue weighted by molar-refractivity contribution is 6.31. The zero-order valence-electron chi connectivity index (χ0n) is 14.5. The number of nitrogens with zero attached hydrogens (tertiary/aromatic N) is 1. The van der Waals surface area contributed by atoms with Gasteiger partial charge >= 0.3 is 0 Å². The number of carbonyl (C=O) groups is 1. The number of rotatable bonds is 6. The molecule has 0 aliphatic heterocycles. The number of hydrogen-bond acceptors (Lipinski definition) is 3. The lowest BCUT2D eigenvalue weighted by Crippen LogP contribution is -2.31. The lowest BCUT2D eigenvalue weighted by atomic mass is 10.0. The summed E-state index contributed by atoms with van der Waals surface area (Å²) in [6, 6.07) is 7.46. The van der Waals surface area contributed by atoms with Gasteiger partial charge in [0.25, 0.3) is 5.91 Å². The van der Waals surface area contributed by atoms with Crippen molar-refractivity contribution in [2.45, 2.75) is 39.7 Å². The van der Waals surface area contributed by atoms with E-state index >= 15 is 0 Å². The van der Waals surface area contributed by atoms with E-state index in [1.807, 2.05) is 38.1 Å². The lowest BCUT2D eigenvalue weighted by Gasteiger charge is -2.17. The van der Waals surface area contributed by atoms with Crippen LogP contribution in [0.4, 0.5) is 0 Å². The van der Waals surface area contributed by atoms with E-state index in [2.05, 4.69) is 24.1 Å². The summed E-state index contributed by atoms with van der Waals surface area (Å²) in [7, 11) is 0. The topological polar surface area (TPSA) is 51.2 Å². The first-order valence-corrected chi connectivity index (χ1v) is 8.38. The fraction of sp³-hybridized carbons (Fsp3) is 0.368. The van der Waals surface area contributed by atoms with Gasteiger partial charge < -0.3 is 10.1 Å². The van der Waals surface area contributed by atoms with Gasteiger partial charge in [0.05, 0.1) is 6.04 Å². The van der Waals surface area contributed by atoms with E-state index in [9.17, 15) is 4.79 Å².